The van der Waals surface area contributed by atoms with Crippen molar-refractivity contribution in [3.8, 4) is 11.3 Å². The van der Waals surface area contributed by atoms with Crippen LogP contribution in [0.2, 0.25) is 0 Å². The van der Waals surface area contributed by atoms with Gasteiger partial charge in [0.05, 0.1) is 24.4 Å². The van der Waals surface area contributed by atoms with Gasteiger partial charge >= 0.3 is 5.97 Å². The zero-order valence-corrected chi connectivity index (χ0v) is 19.6. The molecular formula is C27H29FN2O4. The number of hydrogen-bond donors (Lipinski definition) is 1. The number of aromatic nitrogens is 2. The van der Waals surface area contributed by atoms with E-state index < -0.39 is 17.9 Å². The lowest BCUT2D eigenvalue weighted by Gasteiger charge is -2.18. The number of hydrogen-bond acceptors (Lipinski definition) is 5. The van der Waals surface area contributed by atoms with Gasteiger partial charge in [0.1, 0.15) is 18.0 Å². The van der Waals surface area contributed by atoms with Gasteiger partial charge in [-0.2, -0.15) is 5.10 Å². The Kier molecular flexibility index (Phi) is 8.12. The number of fused-ring (bicyclic) bond motifs is 1. The van der Waals surface area contributed by atoms with Crippen LogP contribution >= 0.6 is 0 Å². The molecule has 0 radical (unpaired) electrons. The Hall–Kier alpha value is -3.58. The number of esters is 1. The molecule has 2 heterocycles. The minimum absolute atomic E-state index is 0.105. The number of Topliss-reactive ketones (excluding diaryl/α,β-unsaturated/α-hetero) is 1. The minimum Gasteiger partial charge on any atom is -0.469 e. The molecule has 0 aliphatic rings. The molecule has 2 aromatic heterocycles. The zero-order chi connectivity index (χ0) is 24.8. The van der Waals surface area contributed by atoms with Crippen molar-refractivity contribution in [3.63, 3.8) is 0 Å². The second-order valence-electron chi connectivity index (χ2n) is 8.37. The van der Waals surface area contributed by atoms with Crippen LogP contribution in [0.3, 0.4) is 0 Å². The quantitative estimate of drug-likeness (QED) is 0.263. The van der Waals surface area contributed by atoms with Crippen LogP contribution in [0.4, 0.5) is 4.39 Å². The van der Waals surface area contributed by atoms with Crippen molar-refractivity contribution in [1.82, 2.24) is 9.61 Å². The molecule has 0 saturated heterocycles. The number of rotatable bonds is 10. The predicted molar refractivity (Wildman–Crippen MR) is 130 cm³/mol. The van der Waals surface area contributed by atoms with Crippen molar-refractivity contribution in [2.45, 2.75) is 45.1 Å². The summed E-state index contributed by atoms with van der Waals surface area (Å²) in [5.74, 6) is -1.30. The summed E-state index contributed by atoms with van der Waals surface area (Å²) in [4.78, 5) is 23.3. The minimum atomic E-state index is -1.09. The third-order valence-electron chi connectivity index (χ3n) is 5.49. The maximum absolute atomic E-state index is 13.6. The van der Waals surface area contributed by atoms with Gasteiger partial charge in [-0.25, -0.2) is 8.91 Å². The maximum Gasteiger partial charge on any atom is 0.313 e. The van der Waals surface area contributed by atoms with Crippen LogP contribution in [0.5, 0.6) is 0 Å². The molecular weight excluding hydrogens is 435 g/mol. The summed E-state index contributed by atoms with van der Waals surface area (Å²) in [6.45, 7) is 7.96. The first kappa shape index (κ1) is 25.1. The molecule has 0 aliphatic carbocycles. The number of benzene rings is 1. The van der Waals surface area contributed by atoms with E-state index in [1.807, 2.05) is 22.7 Å². The SMILES string of the molecule is C=CCc1ccc2c(C(C)C)c(/C=C/C(O)CC(=O)CC(=O)OC)c(-c3ccc(F)cc3)nn12. The van der Waals surface area contributed by atoms with Gasteiger partial charge in [0.2, 0.25) is 0 Å². The van der Waals surface area contributed by atoms with E-state index in [9.17, 15) is 19.1 Å². The molecule has 1 unspecified atom stereocenters. The first-order valence-corrected chi connectivity index (χ1v) is 11.1. The fourth-order valence-electron chi connectivity index (χ4n) is 3.93. The third-order valence-corrected chi connectivity index (χ3v) is 5.49. The standard InChI is InChI=1S/C27H29FN2O4/c1-5-6-20-11-14-24-26(17(2)3)23(13-12-21(31)15-22(32)16-25(33)34-4)27(29-30(20)24)18-7-9-19(28)10-8-18/h5,7-14,17,21,31H,1,6,15-16H2,2-4H3/b13-12+. The smallest absolute Gasteiger partial charge is 0.313 e. The Balaban J connectivity index is 2.11. The Morgan fingerprint density at radius 1 is 1.21 bits per heavy atom. The average Bonchev–Trinajstić information content (AvgIpc) is 3.19. The molecule has 0 bridgehead atoms. The zero-order valence-electron chi connectivity index (χ0n) is 19.6. The van der Waals surface area contributed by atoms with E-state index >= 15 is 0 Å². The van der Waals surface area contributed by atoms with Crippen LogP contribution in [0.25, 0.3) is 22.9 Å². The highest BCUT2D eigenvalue weighted by Crippen LogP contribution is 2.34. The van der Waals surface area contributed by atoms with E-state index in [0.29, 0.717) is 12.1 Å². The normalized spacial score (nSPS) is 12.4. The number of methoxy groups -OCH3 is 1. The number of carbonyl (C=O) groups is 2. The van der Waals surface area contributed by atoms with E-state index in [2.05, 4.69) is 25.2 Å². The third kappa shape index (κ3) is 5.66. The van der Waals surface area contributed by atoms with Crippen molar-refractivity contribution in [2.24, 2.45) is 0 Å². The molecule has 178 valence electrons. The Morgan fingerprint density at radius 2 is 1.91 bits per heavy atom. The summed E-state index contributed by atoms with van der Waals surface area (Å²) in [6.07, 6.45) is 4.04. The van der Waals surface area contributed by atoms with Crippen molar-refractivity contribution < 1.29 is 23.8 Å². The van der Waals surface area contributed by atoms with Gasteiger partial charge in [-0.3, -0.25) is 9.59 Å². The number of carbonyl (C=O) groups excluding carboxylic acids is 2. The van der Waals surface area contributed by atoms with Gasteiger partial charge in [-0.15, -0.1) is 6.58 Å². The van der Waals surface area contributed by atoms with Crippen molar-refractivity contribution in [3.05, 3.63) is 77.8 Å². The summed E-state index contributed by atoms with van der Waals surface area (Å²) in [5, 5.41) is 15.3. The van der Waals surface area contributed by atoms with Crippen LogP contribution in [0.1, 0.15) is 49.4 Å². The van der Waals surface area contributed by atoms with Crippen molar-refractivity contribution >= 4 is 23.3 Å². The van der Waals surface area contributed by atoms with Crippen LogP contribution in [-0.2, 0) is 20.7 Å². The molecule has 0 fully saturated rings. The highest BCUT2D eigenvalue weighted by Gasteiger charge is 2.20. The topological polar surface area (TPSA) is 80.9 Å². The monoisotopic (exact) mass is 464 g/mol. The molecule has 7 heteroatoms. The number of aliphatic hydroxyl groups is 1. The lowest BCUT2D eigenvalue weighted by Crippen LogP contribution is -2.15. The van der Waals surface area contributed by atoms with Gasteiger partial charge in [-0.05, 0) is 47.9 Å². The number of ketones is 1. The van der Waals surface area contributed by atoms with Crippen LogP contribution in [0.15, 0.2) is 55.1 Å². The van der Waals surface area contributed by atoms with E-state index in [1.165, 1.54) is 25.3 Å². The summed E-state index contributed by atoms with van der Waals surface area (Å²) in [5.41, 5.74) is 5.03. The Morgan fingerprint density at radius 3 is 2.53 bits per heavy atom. The predicted octanol–water partition coefficient (Wildman–Crippen LogP) is 4.89. The molecule has 6 nitrogen and oxygen atoms in total. The van der Waals surface area contributed by atoms with Gasteiger partial charge in [0.25, 0.3) is 0 Å². The second-order valence-corrected chi connectivity index (χ2v) is 8.37. The van der Waals surface area contributed by atoms with E-state index in [1.54, 1.807) is 18.2 Å². The molecule has 1 N–H and O–H groups in total. The second kappa shape index (κ2) is 11.0. The molecule has 3 aromatic rings. The highest BCUT2D eigenvalue weighted by atomic mass is 19.1. The number of allylic oxidation sites excluding steroid dienone is 1. The number of aliphatic hydroxyl groups excluding tert-OH is 1. The average molecular weight is 465 g/mol. The lowest BCUT2D eigenvalue weighted by atomic mass is 9.93. The van der Waals surface area contributed by atoms with E-state index in [4.69, 9.17) is 5.10 Å². The van der Waals surface area contributed by atoms with Gasteiger partial charge in [-0.1, -0.05) is 32.1 Å². The van der Waals surface area contributed by atoms with Gasteiger partial charge in [0, 0.05) is 29.7 Å². The van der Waals surface area contributed by atoms with Crippen LogP contribution < -0.4 is 0 Å². The van der Waals surface area contributed by atoms with Crippen LogP contribution in [-0.4, -0.2) is 39.7 Å². The number of ether oxygens (including phenoxy) is 1. The fourth-order valence-corrected chi connectivity index (χ4v) is 3.93. The van der Waals surface area contributed by atoms with Gasteiger partial charge in [0.15, 0.2) is 0 Å². The summed E-state index contributed by atoms with van der Waals surface area (Å²) in [6, 6.07) is 10.1. The summed E-state index contributed by atoms with van der Waals surface area (Å²) < 4.78 is 20.0. The van der Waals surface area contributed by atoms with Crippen molar-refractivity contribution in [1.29, 1.82) is 0 Å². The highest BCUT2D eigenvalue weighted by molar-refractivity contribution is 5.95. The lowest BCUT2D eigenvalue weighted by molar-refractivity contribution is -0.143. The molecule has 1 atom stereocenters. The summed E-state index contributed by atoms with van der Waals surface area (Å²) >= 11 is 0. The maximum atomic E-state index is 13.6. The van der Waals surface area contributed by atoms with E-state index in [-0.39, 0.29) is 24.6 Å². The van der Waals surface area contributed by atoms with E-state index in [0.717, 1.165) is 27.9 Å². The van der Waals surface area contributed by atoms with Gasteiger partial charge < -0.3 is 9.84 Å². The largest absolute Gasteiger partial charge is 0.469 e. The molecule has 3 rings (SSSR count). The number of halogens is 1. The number of nitrogens with zero attached hydrogens (tertiary/aromatic N) is 2. The first-order chi connectivity index (χ1) is 16.2. The first-order valence-electron chi connectivity index (χ1n) is 11.1. The Labute approximate surface area is 198 Å². The summed E-state index contributed by atoms with van der Waals surface area (Å²) in [7, 11) is 1.21. The Bertz CT molecular complexity index is 1230. The van der Waals surface area contributed by atoms with Crippen LogP contribution in [0, 0.1) is 5.82 Å². The van der Waals surface area contributed by atoms with Crippen molar-refractivity contribution in [2.75, 3.05) is 7.11 Å². The fraction of sp³-hybridized carbons (Fsp3) is 0.296. The molecule has 1 aromatic carbocycles. The molecule has 0 amide bonds. The molecule has 0 aliphatic heterocycles. The molecule has 34 heavy (non-hydrogen) atoms. The molecule has 0 saturated carbocycles. The molecule has 0 spiro atoms.